The zero-order chi connectivity index (χ0) is 31.6. The van der Waals surface area contributed by atoms with Crippen LogP contribution in [0.3, 0.4) is 0 Å². The van der Waals surface area contributed by atoms with Crippen molar-refractivity contribution in [2.24, 2.45) is 5.73 Å². The molecule has 0 saturated carbocycles. The fraction of sp³-hybridized carbons (Fsp3) is 0.467. The van der Waals surface area contributed by atoms with E-state index in [1.54, 1.807) is 6.07 Å². The van der Waals surface area contributed by atoms with Gasteiger partial charge in [-0.3, -0.25) is 28.8 Å². The van der Waals surface area contributed by atoms with Gasteiger partial charge in [0.05, 0.1) is 12.1 Å². The van der Waals surface area contributed by atoms with Crippen LogP contribution in [0.4, 0.5) is 4.39 Å². The van der Waals surface area contributed by atoms with Crippen molar-refractivity contribution < 1.29 is 33.1 Å². The van der Waals surface area contributed by atoms with E-state index in [1.165, 1.54) is 11.0 Å². The van der Waals surface area contributed by atoms with Gasteiger partial charge >= 0.3 is 0 Å². The molecule has 1 aliphatic heterocycles. The minimum absolute atomic E-state index is 0.00108. The number of nitrogens with two attached hydrogens (primary N) is 1. The minimum Gasteiger partial charge on any atom is -0.491 e. The predicted molar refractivity (Wildman–Crippen MR) is 156 cm³/mol. The number of pyridine rings is 1. The van der Waals surface area contributed by atoms with E-state index < -0.39 is 41.0 Å². The van der Waals surface area contributed by atoms with E-state index in [-0.39, 0.29) is 81.3 Å². The summed E-state index contributed by atoms with van der Waals surface area (Å²) in [7, 11) is 0. The zero-order valence-corrected chi connectivity index (χ0v) is 24.3. The van der Waals surface area contributed by atoms with E-state index in [0.717, 1.165) is 49.1 Å². The number of carbonyl (C=O) groups excluding carboxylic acids is 5. The Balaban J connectivity index is 1.55. The van der Waals surface area contributed by atoms with Crippen LogP contribution >= 0.6 is 0 Å². The number of H-pyrrole nitrogens is 1. The van der Waals surface area contributed by atoms with Gasteiger partial charge in [-0.25, -0.2) is 4.39 Å². The minimum atomic E-state index is -1.21. The smallest absolute Gasteiger partial charge is 0.261 e. The van der Waals surface area contributed by atoms with Gasteiger partial charge in [-0.2, -0.15) is 0 Å². The summed E-state index contributed by atoms with van der Waals surface area (Å²) >= 11 is 0. The molecule has 13 nitrogen and oxygen atoms in total. The SMILES string of the molecule is NC(=O)CC[C@@H]1NC(=O)c2cc(F)ccc2OCCNC(=O)CCCN(C(=O)c2cc3c([nH]c2=O)CCCC3)CCNC1=O. The van der Waals surface area contributed by atoms with Gasteiger partial charge in [0.25, 0.3) is 17.4 Å². The number of hydrogen-bond donors (Lipinski definition) is 5. The van der Waals surface area contributed by atoms with Crippen molar-refractivity contribution in [3.8, 4) is 5.75 Å². The van der Waals surface area contributed by atoms with Crippen molar-refractivity contribution in [1.82, 2.24) is 25.8 Å². The number of rotatable bonds is 4. The lowest BCUT2D eigenvalue weighted by atomic mass is 9.95. The number of ether oxygens (including phenoxy) is 1. The predicted octanol–water partition coefficient (Wildman–Crippen LogP) is 0.304. The number of primary amides is 1. The Bertz CT molecular complexity index is 1480. The second-order valence-corrected chi connectivity index (χ2v) is 10.8. The van der Waals surface area contributed by atoms with Crippen molar-refractivity contribution in [2.45, 2.75) is 57.4 Å². The Kier molecular flexibility index (Phi) is 11.1. The molecule has 0 unspecified atom stereocenters. The third-order valence-corrected chi connectivity index (χ3v) is 7.54. The number of carbonyl (C=O) groups is 5. The summed E-state index contributed by atoms with van der Waals surface area (Å²) < 4.78 is 19.7. The molecule has 236 valence electrons. The highest BCUT2D eigenvalue weighted by Crippen LogP contribution is 2.21. The number of halogens is 1. The molecule has 2 aliphatic rings. The first-order chi connectivity index (χ1) is 21.1. The maximum atomic E-state index is 14.1. The lowest BCUT2D eigenvalue weighted by molar-refractivity contribution is -0.123. The first-order valence-electron chi connectivity index (χ1n) is 14.7. The van der Waals surface area contributed by atoms with Crippen LogP contribution in [-0.4, -0.2) is 78.2 Å². The fourth-order valence-corrected chi connectivity index (χ4v) is 5.22. The molecule has 2 heterocycles. The highest BCUT2D eigenvalue weighted by atomic mass is 19.1. The average molecular weight is 613 g/mol. The Morgan fingerprint density at radius 3 is 2.57 bits per heavy atom. The Morgan fingerprint density at radius 1 is 0.977 bits per heavy atom. The molecular formula is C30H37FN6O7. The summed E-state index contributed by atoms with van der Waals surface area (Å²) in [5.41, 5.74) is 6.33. The Labute approximate surface area is 253 Å². The van der Waals surface area contributed by atoms with E-state index in [4.69, 9.17) is 10.5 Å². The van der Waals surface area contributed by atoms with Crippen molar-refractivity contribution in [3.63, 3.8) is 0 Å². The number of nitrogens with zero attached hydrogens (tertiary/aromatic N) is 1. The molecule has 0 radical (unpaired) electrons. The number of hydrogen-bond acceptors (Lipinski definition) is 7. The van der Waals surface area contributed by atoms with Gasteiger partial charge in [-0.1, -0.05) is 0 Å². The van der Waals surface area contributed by atoms with Crippen LogP contribution in [-0.2, 0) is 27.2 Å². The number of aromatic nitrogens is 1. The average Bonchev–Trinajstić information content (AvgIpc) is 2.99. The van der Waals surface area contributed by atoms with Gasteiger partial charge in [0, 0.05) is 38.2 Å². The molecule has 1 aromatic heterocycles. The molecule has 1 atom stereocenters. The fourth-order valence-electron chi connectivity index (χ4n) is 5.22. The quantitative estimate of drug-likeness (QED) is 0.328. The summed E-state index contributed by atoms with van der Waals surface area (Å²) in [5, 5.41) is 7.87. The molecule has 44 heavy (non-hydrogen) atoms. The third-order valence-electron chi connectivity index (χ3n) is 7.54. The standard InChI is InChI=1S/C30H37FN6O7/c31-19-7-9-24-20(17-19)27(40)36-23(8-10-25(32)38)29(42)34-11-14-37(13-3-6-26(39)33-12-15-44-24)30(43)21-16-18-4-1-2-5-22(18)35-28(21)41/h7,9,16-17,23H,1-6,8,10-15H2,(H2,32,38)(H,33,39)(H,34,42)(H,35,41)(H,36,40)/t23-/m0/s1. The first-order valence-corrected chi connectivity index (χ1v) is 14.7. The van der Waals surface area contributed by atoms with Crippen LogP contribution in [0.1, 0.15) is 70.5 Å². The monoisotopic (exact) mass is 612 g/mol. The van der Waals surface area contributed by atoms with Gasteiger partial charge in [0.2, 0.25) is 17.7 Å². The number of fused-ring (bicyclic) bond motifs is 2. The Morgan fingerprint density at radius 2 is 1.77 bits per heavy atom. The molecule has 5 amide bonds. The molecule has 14 heteroatoms. The van der Waals surface area contributed by atoms with E-state index in [2.05, 4.69) is 20.9 Å². The topological polar surface area (TPSA) is 193 Å². The maximum absolute atomic E-state index is 14.1. The molecular weight excluding hydrogens is 575 g/mol. The number of benzene rings is 1. The molecule has 0 saturated heterocycles. The number of nitrogens with one attached hydrogen (secondary N) is 4. The summed E-state index contributed by atoms with van der Waals surface area (Å²) in [6, 6.07) is 3.75. The number of amides is 5. The first kappa shape index (κ1) is 32.2. The second-order valence-electron chi connectivity index (χ2n) is 10.8. The second kappa shape index (κ2) is 15.1. The summed E-state index contributed by atoms with van der Waals surface area (Å²) in [6.07, 6.45) is 3.43. The number of aromatic amines is 1. The molecule has 2 aromatic rings. The highest BCUT2D eigenvalue weighted by molar-refractivity contribution is 6.00. The number of aryl methyl sites for hydroxylation is 2. The van der Waals surface area contributed by atoms with Gasteiger partial charge in [-0.15, -0.1) is 0 Å². The van der Waals surface area contributed by atoms with Crippen LogP contribution in [0.25, 0.3) is 0 Å². The van der Waals surface area contributed by atoms with E-state index in [1.807, 2.05) is 0 Å². The van der Waals surface area contributed by atoms with Gasteiger partial charge in [0.1, 0.15) is 29.8 Å². The zero-order valence-electron chi connectivity index (χ0n) is 24.3. The van der Waals surface area contributed by atoms with E-state index >= 15 is 0 Å². The van der Waals surface area contributed by atoms with Crippen LogP contribution in [0.5, 0.6) is 5.75 Å². The van der Waals surface area contributed by atoms with Gasteiger partial charge in [-0.05, 0) is 68.4 Å². The molecule has 0 spiro atoms. The van der Waals surface area contributed by atoms with Crippen LogP contribution < -0.4 is 32.0 Å². The lowest BCUT2D eigenvalue weighted by Gasteiger charge is -2.25. The van der Waals surface area contributed by atoms with Crippen LogP contribution in [0.15, 0.2) is 29.1 Å². The summed E-state index contributed by atoms with van der Waals surface area (Å²) in [6.45, 7) is 0.136. The highest BCUT2D eigenvalue weighted by Gasteiger charge is 2.26. The maximum Gasteiger partial charge on any atom is 0.261 e. The molecule has 1 aromatic carbocycles. The largest absolute Gasteiger partial charge is 0.491 e. The molecule has 1 aliphatic carbocycles. The Hall–Kier alpha value is -4.75. The summed E-state index contributed by atoms with van der Waals surface area (Å²) in [4.78, 5) is 80.8. The summed E-state index contributed by atoms with van der Waals surface area (Å²) in [5.74, 6) is -3.66. The normalized spacial score (nSPS) is 18.7. The van der Waals surface area contributed by atoms with E-state index in [0.29, 0.717) is 0 Å². The van der Waals surface area contributed by atoms with Gasteiger partial charge in [0.15, 0.2) is 0 Å². The van der Waals surface area contributed by atoms with Crippen molar-refractivity contribution in [1.29, 1.82) is 0 Å². The van der Waals surface area contributed by atoms with E-state index in [9.17, 15) is 33.2 Å². The van der Waals surface area contributed by atoms with Crippen LogP contribution in [0, 0.1) is 5.82 Å². The molecule has 4 rings (SSSR count). The third kappa shape index (κ3) is 8.64. The molecule has 0 bridgehead atoms. The lowest BCUT2D eigenvalue weighted by Crippen LogP contribution is -2.49. The van der Waals surface area contributed by atoms with Crippen molar-refractivity contribution in [2.75, 3.05) is 32.8 Å². The molecule has 6 N–H and O–H groups in total. The van der Waals surface area contributed by atoms with Gasteiger partial charge < -0.3 is 36.3 Å². The molecule has 0 fully saturated rings. The van der Waals surface area contributed by atoms with Crippen molar-refractivity contribution >= 4 is 29.5 Å². The van der Waals surface area contributed by atoms with Crippen molar-refractivity contribution in [3.05, 3.63) is 62.8 Å². The van der Waals surface area contributed by atoms with Crippen LogP contribution in [0.2, 0.25) is 0 Å².